The average molecular weight is 250 g/mol. The van der Waals surface area contributed by atoms with Gasteiger partial charge in [0.15, 0.2) is 12.6 Å². The Morgan fingerprint density at radius 3 is 2.59 bits per heavy atom. The summed E-state index contributed by atoms with van der Waals surface area (Å²) >= 11 is 0. The van der Waals surface area contributed by atoms with Crippen LogP contribution in [0.3, 0.4) is 0 Å². The van der Waals surface area contributed by atoms with E-state index in [4.69, 9.17) is 4.74 Å². The summed E-state index contributed by atoms with van der Waals surface area (Å²) in [5.74, 6) is -0.404. The van der Waals surface area contributed by atoms with Crippen molar-refractivity contribution in [1.82, 2.24) is 10.6 Å². The largest absolute Gasteiger partial charge is 0.379 e. The fourth-order valence-electron chi connectivity index (χ4n) is 3.39. The zero-order valence-electron chi connectivity index (χ0n) is 9.09. The standard InChI is InChI=1S/C10H16F2N2O3/c11-4-1-3-2-5(15)14-8-6(3)7(13-4)9(12)17-10(8)16/h3-10,13-16H,1-2H2. The first-order valence-corrected chi connectivity index (χ1v) is 5.88. The lowest BCUT2D eigenvalue weighted by atomic mass is 9.70. The number of aliphatic hydroxyl groups is 2. The molecule has 3 aliphatic heterocycles. The van der Waals surface area contributed by atoms with Gasteiger partial charge in [-0.25, -0.2) is 8.78 Å². The van der Waals surface area contributed by atoms with Gasteiger partial charge in [-0.3, -0.25) is 10.6 Å². The molecule has 0 bridgehead atoms. The van der Waals surface area contributed by atoms with E-state index in [0.717, 1.165) is 0 Å². The average Bonchev–Trinajstić information content (AvgIpc) is 2.24. The lowest BCUT2D eigenvalue weighted by Gasteiger charge is -2.53. The van der Waals surface area contributed by atoms with E-state index in [2.05, 4.69) is 10.6 Å². The Morgan fingerprint density at radius 1 is 1.06 bits per heavy atom. The van der Waals surface area contributed by atoms with Gasteiger partial charge >= 0.3 is 0 Å². The SMILES string of the molecule is OC1CC2CC(F)NC3C(F)OC(O)C(N1)C23. The zero-order valence-corrected chi connectivity index (χ0v) is 9.09. The Kier molecular flexibility index (Phi) is 2.83. The maximum absolute atomic E-state index is 13.6. The van der Waals surface area contributed by atoms with E-state index in [9.17, 15) is 19.0 Å². The lowest BCUT2D eigenvalue weighted by molar-refractivity contribution is -0.270. The first kappa shape index (κ1) is 11.7. The molecule has 3 heterocycles. The minimum atomic E-state index is -1.72. The summed E-state index contributed by atoms with van der Waals surface area (Å²) in [6.07, 6.45) is -4.51. The van der Waals surface area contributed by atoms with E-state index in [0.29, 0.717) is 6.42 Å². The number of halogens is 2. The molecule has 8 atom stereocenters. The van der Waals surface area contributed by atoms with Crippen LogP contribution in [0.4, 0.5) is 8.78 Å². The van der Waals surface area contributed by atoms with E-state index >= 15 is 0 Å². The third kappa shape index (κ3) is 1.86. The molecule has 0 aromatic rings. The van der Waals surface area contributed by atoms with E-state index < -0.39 is 37.3 Å². The number of piperidine rings is 2. The molecule has 4 N–H and O–H groups in total. The number of hydrogen-bond donors (Lipinski definition) is 4. The molecule has 3 rings (SSSR count). The minimum Gasteiger partial charge on any atom is -0.379 e. The molecule has 0 aliphatic carbocycles. The number of ether oxygens (including phenoxy) is 1. The second-order valence-corrected chi connectivity index (χ2v) is 5.05. The lowest BCUT2D eigenvalue weighted by Crippen LogP contribution is -2.71. The highest BCUT2D eigenvalue weighted by molar-refractivity contribution is 5.03. The summed E-state index contributed by atoms with van der Waals surface area (Å²) < 4.78 is 31.8. The molecule has 0 spiro atoms. The van der Waals surface area contributed by atoms with Crippen LogP contribution >= 0.6 is 0 Å². The van der Waals surface area contributed by atoms with E-state index in [1.807, 2.05) is 0 Å². The van der Waals surface area contributed by atoms with Crippen molar-refractivity contribution in [3.63, 3.8) is 0 Å². The summed E-state index contributed by atoms with van der Waals surface area (Å²) in [5.41, 5.74) is 0. The molecule has 3 fully saturated rings. The number of nitrogens with one attached hydrogen (secondary N) is 2. The second-order valence-electron chi connectivity index (χ2n) is 5.05. The van der Waals surface area contributed by atoms with Crippen molar-refractivity contribution < 1.29 is 23.7 Å². The predicted octanol–water partition coefficient (Wildman–Crippen LogP) is -0.799. The van der Waals surface area contributed by atoms with Gasteiger partial charge in [-0.05, 0) is 18.8 Å². The monoisotopic (exact) mass is 250 g/mol. The van der Waals surface area contributed by atoms with Crippen molar-refractivity contribution in [3.05, 3.63) is 0 Å². The predicted molar refractivity (Wildman–Crippen MR) is 53.0 cm³/mol. The number of alkyl halides is 2. The highest BCUT2D eigenvalue weighted by Gasteiger charge is 2.54. The van der Waals surface area contributed by atoms with Gasteiger partial charge in [0.05, 0.1) is 12.1 Å². The van der Waals surface area contributed by atoms with E-state index in [1.165, 1.54) is 0 Å². The smallest absolute Gasteiger partial charge is 0.217 e. The molecule has 7 heteroatoms. The van der Waals surface area contributed by atoms with Gasteiger partial charge in [-0.15, -0.1) is 0 Å². The van der Waals surface area contributed by atoms with Crippen molar-refractivity contribution in [3.8, 4) is 0 Å². The summed E-state index contributed by atoms with van der Waals surface area (Å²) in [7, 11) is 0. The van der Waals surface area contributed by atoms with Crippen LogP contribution in [0.1, 0.15) is 12.8 Å². The third-order valence-corrected chi connectivity index (χ3v) is 4.03. The molecular weight excluding hydrogens is 234 g/mol. The number of rotatable bonds is 0. The quantitative estimate of drug-likeness (QED) is 0.424. The summed E-state index contributed by atoms with van der Waals surface area (Å²) in [6.45, 7) is 0. The molecule has 0 aromatic heterocycles. The minimum absolute atomic E-state index is 0.144. The van der Waals surface area contributed by atoms with Crippen molar-refractivity contribution >= 4 is 0 Å². The second kappa shape index (κ2) is 4.10. The highest BCUT2D eigenvalue weighted by Crippen LogP contribution is 2.42. The van der Waals surface area contributed by atoms with Crippen molar-refractivity contribution in [1.29, 1.82) is 0 Å². The Hall–Kier alpha value is -0.340. The Labute approximate surface area is 97.1 Å². The molecule has 0 aromatic carbocycles. The van der Waals surface area contributed by atoms with Gasteiger partial charge in [0.2, 0.25) is 6.36 Å². The van der Waals surface area contributed by atoms with Crippen molar-refractivity contribution in [2.24, 2.45) is 11.8 Å². The molecule has 5 nitrogen and oxygen atoms in total. The molecule has 3 aliphatic rings. The maximum atomic E-state index is 13.6. The van der Waals surface area contributed by atoms with E-state index in [-0.39, 0.29) is 18.3 Å². The topological polar surface area (TPSA) is 73.8 Å². The van der Waals surface area contributed by atoms with Gasteiger partial charge in [0.25, 0.3) is 0 Å². The fourth-order valence-corrected chi connectivity index (χ4v) is 3.39. The molecule has 17 heavy (non-hydrogen) atoms. The van der Waals surface area contributed by atoms with Crippen LogP contribution in [0.5, 0.6) is 0 Å². The highest BCUT2D eigenvalue weighted by atomic mass is 19.1. The first-order chi connectivity index (χ1) is 8.06. The van der Waals surface area contributed by atoms with Crippen LogP contribution in [0.15, 0.2) is 0 Å². The molecular formula is C10H16F2N2O3. The summed E-state index contributed by atoms with van der Waals surface area (Å²) in [4.78, 5) is 0. The van der Waals surface area contributed by atoms with Crippen LogP contribution in [0.25, 0.3) is 0 Å². The first-order valence-electron chi connectivity index (χ1n) is 5.88. The van der Waals surface area contributed by atoms with Crippen LogP contribution in [0.2, 0.25) is 0 Å². The zero-order chi connectivity index (χ0) is 12.2. The fraction of sp³-hybridized carbons (Fsp3) is 1.00. The van der Waals surface area contributed by atoms with Crippen LogP contribution in [-0.2, 0) is 4.74 Å². The summed E-state index contributed by atoms with van der Waals surface area (Å²) in [5, 5.41) is 24.6. The molecule has 98 valence electrons. The van der Waals surface area contributed by atoms with E-state index in [1.54, 1.807) is 0 Å². The molecule has 0 radical (unpaired) electrons. The molecule has 8 unspecified atom stereocenters. The van der Waals surface area contributed by atoms with Gasteiger partial charge in [-0.1, -0.05) is 0 Å². The van der Waals surface area contributed by atoms with Gasteiger partial charge in [0, 0.05) is 5.92 Å². The molecule has 0 amide bonds. The Bertz CT molecular complexity index is 283. The van der Waals surface area contributed by atoms with Crippen LogP contribution < -0.4 is 10.6 Å². The molecule has 3 saturated heterocycles. The molecule has 0 saturated carbocycles. The Morgan fingerprint density at radius 2 is 1.82 bits per heavy atom. The Balaban J connectivity index is 1.89. The van der Waals surface area contributed by atoms with Crippen LogP contribution in [0, 0.1) is 11.8 Å². The van der Waals surface area contributed by atoms with Crippen LogP contribution in [-0.4, -0.2) is 47.5 Å². The van der Waals surface area contributed by atoms with Gasteiger partial charge in [-0.2, -0.15) is 0 Å². The maximum Gasteiger partial charge on any atom is 0.217 e. The van der Waals surface area contributed by atoms with Gasteiger partial charge < -0.3 is 14.9 Å². The van der Waals surface area contributed by atoms with Gasteiger partial charge in [0.1, 0.15) is 6.23 Å². The number of aliphatic hydroxyl groups excluding tert-OH is 2. The third-order valence-electron chi connectivity index (χ3n) is 4.03. The summed E-state index contributed by atoms with van der Waals surface area (Å²) in [6, 6.07) is -1.32. The normalized spacial score (nSPS) is 58.6. The van der Waals surface area contributed by atoms with Crippen molar-refractivity contribution in [2.45, 2.75) is 50.1 Å². The van der Waals surface area contributed by atoms with Crippen molar-refractivity contribution in [2.75, 3.05) is 0 Å². The number of hydrogen-bond acceptors (Lipinski definition) is 5.